The number of aromatic carboxylic acids is 1. The molecular formula is C26H27F5N2O5. The van der Waals surface area contributed by atoms with Crippen molar-refractivity contribution in [3.8, 4) is 5.75 Å². The number of carbonyl (C=O) groups excluding carboxylic acids is 1. The van der Waals surface area contributed by atoms with Crippen LogP contribution in [0.3, 0.4) is 0 Å². The standard InChI is InChI=1S/C26H27F5N2O5/c27-25(28,29)16-4-6-17(7-5-16)26(30,31)38-19-8-1-15(2-9-19)3-10-23(34)37-12-11-20-21(24(35)36)13-18(32)14-22(20)33/h1-3,8-10,13-14,16-17H,4-7,11-12,32-33H2,(H,35,36). The number of hydrogen-bond donors (Lipinski definition) is 3. The fraction of sp³-hybridized carbons (Fsp3) is 0.385. The van der Waals surface area contributed by atoms with Crippen molar-refractivity contribution >= 4 is 29.4 Å². The number of halogens is 5. The number of benzene rings is 2. The third kappa shape index (κ3) is 7.59. The maximum Gasteiger partial charge on any atom is 0.400 e. The van der Waals surface area contributed by atoms with Gasteiger partial charge >= 0.3 is 24.2 Å². The SMILES string of the molecule is Nc1cc(N)c(CCOC(=O)C=Cc2ccc(OC(F)(F)C3CCC(C(F)(F)F)CC3)cc2)c(C(=O)O)c1. The molecule has 0 aliphatic heterocycles. The van der Waals surface area contributed by atoms with Crippen LogP contribution in [-0.4, -0.2) is 35.9 Å². The van der Waals surface area contributed by atoms with Gasteiger partial charge in [-0.1, -0.05) is 12.1 Å². The van der Waals surface area contributed by atoms with Crippen molar-refractivity contribution in [2.24, 2.45) is 11.8 Å². The van der Waals surface area contributed by atoms with Crippen molar-refractivity contribution in [2.75, 3.05) is 18.1 Å². The van der Waals surface area contributed by atoms with Gasteiger partial charge in [-0.2, -0.15) is 22.0 Å². The Morgan fingerprint density at radius 2 is 1.58 bits per heavy atom. The van der Waals surface area contributed by atoms with Gasteiger partial charge in [-0.25, -0.2) is 9.59 Å². The van der Waals surface area contributed by atoms with Crippen molar-refractivity contribution in [2.45, 2.75) is 44.4 Å². The van der Waals surface area contributed by atoms with Gasteiger partial charge in [-0.15, -0.1) is 0 Å². The summed E-state index contributed by atoms with van der Waals surface area (Å²) in [5.41, 5.74) is 12.5. The summed E-state index contributed by atoms with van der Waals surface area (Å²) in [6.07, 6.45) is -6.77. The van der Waals surface area contributed by atoms with E-state index >= 15 is 0 Å². The summed E-state index contributed by atoms with van der Waals surface area (Å²) in [7, 11) is 0. The molecule has 7 nitrogen and oxygen atoms in total. The highest BCUT2D eigenvalue weighted by Gasteiger charge is 2.48. The monoisotopic (exact) mass is 542 g/mol. The number of rotatable bonds is 9. The summed E-state index contributed by atoms with van der Waals surface area (Å²) in [5.74, 6) is -4.99. The van der Waals surface area contributed by atoms with Crippen molar-refractivity contribution in [3.63, 3.8) is 0 Å². The summed E-state index contributed by atoms with van der Waals surface area (Å²) < 4.78 is 77.2. The highest BCUT2D eigenvalue weighted by atomic mass is 19.4. The zero-order valence-electron chi connectivity index (χ0n) is 20.1. The van der Waals surface area contributed by atoms with Gasteiger partial charge in [0.2, 0.25) is 0 Å². The molecule has 0 amide bonds. The Hall–Kier alpha value is -3.83. The molecule has 0 saturated heterocycles. The third-order valence-corrected chi connectivity index (χ3v) is 6.34. The van der Waals surface area contributed by atoms with Crippen molar-refractivity contribution in [3.05, 3.63) is 59.2 Å². The van der Waals surface area contributed by atoms with Gasteiger partial charge in [0.25, 0.3) is 0 Å². The van der Waals surface area contributed by atoms with E-state index in [0.29, 0.717) is 5.56 Å². The number of nitrogen functional groups attached to an aromatic ring is 2. The van der Waals surface area contributed by atoms with Crippen molar-refractivity contribution < 1.29 is 46.1 Å². The molecule has 0 atom stereocenters. The fourth-order valence-electron chi connectivity index (χ4n) is 4.30. The van der Waals surface area contributed by atoms with E-state index in [1.54, 1.807) is 0 Å². The normalized spacial score (nSPS) is 18.3. The first-order valence-corrected chi connectivity index (χ1v) is 11.8. The molecule has 2 aromatic carbocycles. The molecule has 2 aromatic rings. The quantitative estimate of drug-likeness (QED) is 0.161. The first-order chi connectivity index (χ1) is 17.8. The largest absolute Gasteiger partial charge is 0.478 e. The lowest BCUT2D eigenvalue weighted by molar-refractivity contribution is -0.237. The number of carboxylic acid groups (broad SMARTS) is 1. The summed E-state index contributed by atoms with van der Waals surface area (Å²) in [6.45, 7) is -0.148. The second kappa shape index (κ2) is 11.7. The number of nitrogens with two attached hydrogens (primary N) is 2. The number of ether oxygens (including phenoxy) is 2. The molecule has 12 heteroatoms. The Morgan fingerprint density at radius 3 is 2.16 bits per heavy atom. The van der Waals surface area contributed by atoms with Gasteiger partial charge in [0.05, 0.1) is 24.0 Å². The number of esters is 1. The molecule has 0 unspecified atom stereocenters. The highest BCUT2D eigenvalue weighted by Crippen LogP contribution is 2.44. The van der Waals surface area contributed by atoms with Crippen LogP contribution in [0.1, 0.15) is 47.2 Å². The molecule has 1 aliphatic carbocycles. The first kappa shape index (κ1) is 28.7. The number of anilines is 2. The molecule has 1 aliphatic rings. The van der Waals surface area contributed by atoms with Crippen LogP contribution in [0.4, 0.5) is 33.3 Å². The topological polar surface area (TPSA) is 125 Å². The fourth-order valence-corrected chi connectivity index (χ4v) is 4.30. The lowest BCUT2D eigenvalue weighted by Crippen LogP contribution is -2.39. The minimum atomic E-state index is -4.38. The molecule has 1 saturated carbocycles. The lowest BCUT2D eigenvalue weighted by atomic mass is 9.81. The minimum absolute atomic E-state index is 0.0471. The molecule has 38 heavy (non-hydrogen) atoms. The minimum Gasteiger partial charge on any atom is -0.478 e. The van der Waals surface area contributed by atoms with Crippen LogP contribution >= 0.6 is 0 Å². The van der Waals surface area contributed by atoms with Crippen LogP contribution in [0, 0.1) is 11.8 Å². The Bertz CT molecular complexity index is 1170. The lowest BCUT2D eigenvalue weighted by Gasteiger charge is -2.33. The van der Waals surface area contributed by atoms with E-state index in [2.05, 4.69) is 0 Å². The molecule has 0 radical (unpaired) electrons. The number of hydrogen-bond acceptors (Lipinski definition) is 6. The predicted octanol–water partition coefficient (Wildman–Crippen LogP) is 5.69. The maximum atomic E-state index is 14.5. The van der Waals surface area contributed by atoms with E-state index in [1.165, 1.54) is 42.5 Å². The number of carbonyl (C=O) groups is 2. The Kier molecular flexibility index (Phi) is 8.85. The Labute approximate surface area is 215 Å². The summed E-state index contributed by atoms with van der Waals surface area (Å²) in [6, 6.07) is 8.03. The van der Waals surface area contributed by atoms with E-state index in [-0.39, 0.29) is 67.0 Å². The van der Waals surface area contributed by atoms with Crippen LogP contribution in [0.2, 0.25) is 0 Å². The van der Waals surface area contributed by atoms with Gasteiger partial charge < -0.3 is 26.0 Å². The smallest absolute Gasteiger partial charge is 0.400 e. The van der Waals surface area contributed by atoms with Crippen molar-refractivity contribution in [1.82, 2.24) is 0 Å². The second-order valence-corrected chi connectivity index (χ2v) is 9.02. The zero-order valence-corrected chi connectivity index (χ0v) is 20.1. The van der Waals surface area contributed by atoms with E-state index in [4.69, 9.17) is 20.9 Å². The van der Waals surface area contributed by atoms with Crippen LogP contribution in [0.15, 0.2) is 42.5 Å². The maximum absolute atomic E-state index is 14.5. The molecule has 206 valence electrons. The summed E-state index contributed by atoms with van der Waals surface area (Å²) >= 11 is 0. The zero-order chi connectivity index (χ0) is 28.1. The van der Waals surface area contributed by atoms with Crippen LogP contribution in [0.5, 0.6) is 5.75 Å². The molecule has 0 aromatic heterocycles. The molecule has 0 spiro atoms. The van der Waals surface area contributed by atoms with Gasteiger partial charge in [0.1, 0.15) is 5.75 Å². The predicted molar refractivity (Wildman–Crippen MR) is 129 cm³/mol. The molecular weight excluding hydrogens is 515 g/mol. The van der Waals surface area contributed by atoms with Gasteiger partial charge in [-0.3, -0.25) is 0 Å². The van der Waals surface area contributed by atoms with Crippen molar-refractivity contribution in [1.29, 1.82) is 0 Å². The summed E-state index contributed by atoms with van der Waals surface area (Å²) in [4.78, 5) is 23.4. The van der Waals surface area contributed by atoms with E-state index < -0.39 is 36.1 Å². The summed E-state index contributed by atoms with van der Waals surface area (Å²) in [5, 5.41) is 9.30. The number of alkyl halides is 5. The second-order valence-electron chi connectivity index (χ2n) is 9.02. The molecule has 1 fully saturated rings. The first-order valence-electron chi connectivity index (χ1n) is 11.8. The van der Waals surface area contributed by atoms with Gasteiger partial charge in [0, 0.05) is 23.9 Å². The Balaban J connectivity index is 1.50. The molecule has 0 bridgehead atoms. The molecule has 5 N–H and O–H groups in total. The van der Waals surface area contributed by atoms with Crippen LogP contribution in [0.25, 0.3) is 6.08 Å². The van der Waals surface area contributed by atoms with Crippen LogP contribution in [-0.2, 0) is 16.0 Å². The van der Waals surface area contributed by atoms with E-state index in [0.717, 1.165) is 6.08 Å². The number of carboxylic acids is 1. The molecule has 0 heterocycles. The Morgan fingerprint density at radius 1 is 0.974 bits per heavy atom. The van der Waals surface area contributed by atoms with Gasteiger partial charge in [-0.05, 0) is 67.2 Å². The highest BCUT2D eigenvalue weighted by molar-refractivity contribution is 5.92. The van der Waals surface area contributed by atoms with Crippen LogP contribution < -0.4 is 16.2 Å². The third-order valence-electron chi connectivity index (χ3n) is 6.34. The average molecular weight is 543 g/mol. The van der Waals surface area contributed by atoms with E-state index in [9.17, 15) is 36.6 Å². The molecule has 3 rings (SSSR count). The van der Waals surface area contributed by atoms with Gasteiger partial charge in [0.15, 0.2) is 0 Å². The van der Waals surface area contributed by atoms with E-state index in [1.807, 2.05) is 0 Å². The average Bonchev–Trinajstić information content (AvgIpc) is 2.84.